The lowest BCUT2D eigenvalue weighted by Crippen LogP contribution is -2.28. The predicted molar refractivity (Wildman–Crippen MR) is 78.7 cm³/mol. The van der Waals surface area contributed by atoms with E-state index < -0.39 is 22.4 Å². The van der Waals surface area contributed by atoms with E-state index in [0.717, 1.165) is 18.7 Å². The maximum atomic E-state index is 13.2. The Morgan fingerprint density at radius 2 is 2.10 bits per heavy atom. The van der Waals surface area contributed by atoms with Gasteiger partial charge < -0.3 is 10.0 Å². The van der Waals surface area contributed by atoms with Gasteiger partial charge in [-0.15, -0.1) is 0 Å². The number of benzene rings is 1. The molecule has 0 bridgehead atoms. The van der Waals surface area contributed by atoms with E-state index in [2.05, 4.69) is 16.6 Å². The molecular weight excluding hydrogens is 295 g/mol. The number of rotatable bonds is 6. The van der Waals surface area contributed by atoms with E-state index in [0.29, 0.717) is 6.42 Å². The van der Waals surface area contributed by atoms with Crippen molar-refractivity contribution in [2.75, 3.05) is 33.8 Å². The summed E-state index contributed by atoms with van der Waals surface area (Å²) in [6, 6.07) is 3.28. The van der Waals surface area contributed by atoms with Crippen LogP contribution in [0.4, 0.5) is 4.39 Å². The summed E-state index contributed by atoms with van der Waals surface area (Å²) in [5.41, 5.74) is 0.0316. The fraction of sp³-hybridized carbons (Fsp3) is 0.429. The van der Waals surface area contributed by atoms with Crippen LogP contribution in [-0.2, 0) is 10.0 Å². The summed E-state index contributed by atoms with van der Waals surface area (Å²) < 4.78 is 40.1. The minimum atomic E-state index is -3.76. The molecule has 0 fully saturated rings. The number of aliphatic hydroxyl groups is 1. The molecule has 0 aromatic heterocycles. The fourth-order valence-corrected chi connectivity index (χ4v) is 2.86. The van der Waals surface area contributed by atoms with Crippen molar-refractivity contribution >= 4 is 10.0 Å². The Morgan fingerprint density at radius 1 is 1.38 bits per heavy atom. The molecule has 0 unspecified atom stereocenters. The van der Waals surface area contributed by atoms with Crippen molar-refractivity contribution in [3.05, 3.63) is 29.6 Å². The summed E-state index contributed by atoms with van der Waals surface area (Å²) >= 11 is 0. The molecule has 0 aliphatic carbocycles. The highest BCUT2D eigenvalue weighted by Gasteiger charge is 2.17. The van der Waals surface area contributed by atoms with Gasteiger partial charge >= 0.3 is 0 Å². The normalized spacial score (nSPS) is 11.3. The maximum absolute atomic E-state index is 13.2. The summed E-state index contributed by atoms with van der Waals surface area (Å²) in [6.07, 6.45) is 0.658. The average Bonchev–Trinajstić information content (AvgIpc) is 2.41. The van der Waals surface area contributed by atoms with Gasteiger partial charge in [0.1, 0.15) is 12.4 Å². The molecule has 0 aliphatic heterocycles. The van der Waals surface area contributed by atoms with Crippen molar-refractivity contribution in [1.82, 2.24) is 9.62 Å². The van der Waals surface area contributed by atoms with Crippen LogP contribution in [0.3, 0.4) is 0 Å². The highest BCUT2D eigenvalue weighted by Crippen LogP contribution is 2.16. The van der Waals surface area contributed by atoms with Gasteiger partial charge in [-0.25, -0.2) is 17.5 Å². The highest BCUT2D eigenvalue weighted by atomic mass is 32.2. The van der Waals surface area contributed by atoms with Crippen LogP contribution in [0.5, 0.6) is 0 Å². The molecule has 0 radical (unpaired) electrons. The van der Waals surface area contributed by atoms with Crippen molar-refractivity contribution in [3.63, 3.8) is 0 Å². The van der Waals surface area contributed by atoms with Crippen LogP contribution in [0.1, 0.15) is 12.0 Å². The molecule has 0 amide bonds. The van der Waals surface area contributed by atoms with E-state index >= 15 is 0 Å². The van der Waals surface area contributed by atoms with Crippen LogP contribution in [0.15, 0.2) is 23.1 Å². The highest BCUT2D eigenvalue weighted by molar-refractivity contribution is 7.89. The second-order valence-corrected chi connectivity index (χ2v) is 6.39. The van der Waals surface area contributed by atoms with E-state index in [9.17, 15) is 12.8 Å². The van der Waals surface area contributed by atoms with E-state index in [1.165, 1.54) is 6.07 Å². The third-order valence-corrected chi connectivity index (χ3v) is 4.13. The van der Waals surface area contributed by atoms with Crippen molar-refractivity contribution in [2.45, 2.75) is 11.3 Å². The fourth-order valence-electron chi connectivity index (χ4n) is 1.65. The molecule has 0 spiro atoms. The van der Waals surface area contributed by atoms with Crippen LogP contribution in [0, 0.1) is 17.7 Å². The Morgan fingerprint density at radius 3 is 2.71 bits per heavy atom. The third kappa shape index (κ3) is 5.81. The summed E-state index contributed by atoms with van der Waals surface area (Å²) in [6.45, 7) is 0.611. The van der Waals surface area contributed by atoms with Crippen LogP contribution in [0.25, 0.3) is 0 Å². The molecule has 0 aliphatic rings. The Balaban J connectivity index is 2.92. The second-order valence-electron chi connectivity index (χ2n) is 4.65. The zero-order chi connectivity index (χ0) is 15.9. The molecule has 0 saturated carbocycles. The first kappa shape index (κ1) is 17.6. The number of hydrogen-bond acceptors (Lipinski definition) is 4. The lowest BCUT2D eigenvalue weighted by molar-refractivity contribution is 0.350. The minimum absolute atomic E-state index is 0.0316. The van der Waals surface area contributed by atoms with Crippen LogP contribution >= 0.6 is 0 Å². The summed E-state index contributed by atoms with van der Waals surface area (Å²) in [5, 5.41) is 8.68. The summed E-state index contributed by atoms with van der Waals surface area (Å²) in [4.78, 5) is 1.86. The Labute approximate surface area is 124 Å². The molecular formula is C14H19FN2O3S. The topological polar surface area (TPSA) is 69.6 Å². The quantitative estimate of drug-likeness (QED) is 0.589. The molecule has 1 rings (SSSR count). The van der Waals surface area contributed by atoms with Crippen LogP contribution < -0.4 is 4.72 Å². The number of aliphatic hydroxyl groups excluding tert-OH is 1. The molecule has 2 N–H and O–H groups in total. The first-order valence-corrected chi connectivity index (χ1v) is 7.89. The van der Waals surface area contributed by atoms with E-state index in [-0.39, 0.29) is 17.0 Å². The van der Waals surface area contributed by atoms with Crippen molar-refractivity contribution in [1.29, 1.82) is 0 Å². The van der Waals surface area contributed by atoms with Gasteiger partial charge in [0.25, 0.3) is 0 Å². The van der Waals surface area contributed by atoms with Crippen molar-refractivity contribution < 1.29 is 17.9 Å². The number of nitrogens with zero attached hydrogens (tertiary/aromatic N) is 1. The molecule has 7 heteroatoms. The molecule has 21 heavy (non-hydrogen) atoms. The van der Waals surface area contributed by atoms with Gasteiger partial charge in [-0.1, -0.05) is 11.8 Å². The van der Waals surface area contributed by atoms with Crippen LogP contribution in [-0.4, -0.2) is 52.2 Å². The lowest BCUT2D eigenvalue weighted by atomic mass is 10.2. The first-order chi connectivity index (χ1) is 9.86. The van der Waals surface area contributed by atoms with Gasteiger partial charge in [0.2, 0.25) is 10.0 Å². The Bertz CT molecular complexity index is 633. The van der Waals surface area contributed by atoms with Gasteiger partial charge in [-0.2, -0.15) is 0 Å². The third-order valence-electron chi connectivity index (χ3n) is 2.61. The standard InChI is InChI=1S/C14H19FN2O3S/c1-17(2)9-4-8-16-21(19,20)14-7-6-13(15)11-12(14)5-3-10-18/h6-7,11,16,18H,4,8-10H2,1-2H3. The first-order valence-electron chi connectivity index (χ1n) is 6.40. The average molecular weight is 314 g/mol. The molecule has 0 heterocycles. The SMILES string of the molecule is CN(C)CCCNS(=O)(=O)c1ccc(F)cc1C#CCO. The smallest absolute Gasteiger partial charge is 0.241 e. The van der Waals surface area contributed by atoms with Gasteiger partial charge in [0.15, 0.2) is 0 Å². The number of halogens is 1. The molecule has 0 atom stereocenters. The number of sulfonamides is 1. The van der Waals surface area contributed by atoms with Gasteiger partial charge in [-0.3, -0.25) is 0 Å². The Hall–Kier alpha value is -1.46. The van der Waals surface area contributed by atoms with E-state index in [4.69, 9.17) is 5.11 Å². The van der Waals surface area contributed by atoms with Crippen molar-refractivity contribution in [3.8, 4) is 11.8 Å². The van der Waals surface area contributed by atoms with Crippen molar-refractivity contribution in [2.24, 2.45) is 0 Å². The zero-order valence-corrected chi connectivity index (χ0v) is 12.9. The molecule has 1 aromatic carbocycles. The monoisotopic (exact) mass is 314 g/mol. The van der Waals surface area contributed by atoms with Crippen LogP contribution in [0.2, 0.25) is 0 Å². The molecule has 1 aromatic rings. The van der Waals surface area contributed by atoms with Gasteiger partial charge in [0.05, 0.1) is 4.90 Å². The van der Waals surface area contributed by atoms with Gasteiger partial charge in [0, 0.05) is 12.1 Å². The van der Waals surface area contributed by atoms with E-state index in [1.807, 2.05) is 19.0 Å². The predicted octanol–water partition coefficient (Wildman–Crippen LogP) is 0.400. The zero-order valence-electron chi connectivity index (χ0n) is 12.1. The molecule has 116 valence electrons. The Kier molecular flexibility index (Phi) is 6.78. The summed E-state index contributed by atoms with van der Waals surface area (Å²) in [5.74, 6) is 4.20. The molecule has 0 saturated heterocycles. The summed E-state index contributed by atoms with van der Waals surface area (Å²) in [7, 11) is 0.0444. The lowest BCUT2D eigenvalue weighted by Gasteiger charge is -2.11. The second kappa shape index (κ2) is 8.10. The molecule has 5 nitrogen and oxygen atoms in total. The number of nitrogens with one attached hydrogen (secondary N) is 1. The largest absolute Gasteiger partial charge is 0.384 e. The van der Waals surface area contributed by atoms with Gasteiger partial charge in [-0.05, 0) is 45.3 Å². The minimum Gasteiger partial charge on any atom is -0.384 e. The maximum Gasteiger partial charge on any atom is 0.241 e. The van der Waals surface area contributed by atoms with E-state index in [1.54, 1.807) is 0 Å². The number of hydrogen-bond donors (Lipinski definition) is 2.